The third-order valence-electron chi connectivity index (χ3n) is 3.60. The van der Waals surface area contributed by atoms with E-state index in [9.17, 15) is 14.0 Å². The second-order valence-corrected chi connectivity index (χ2v) is 5.07. The van der Waals surface area contributed by atoms with Crippen molar-refractivity contribution in [2.75, 3.05) is 13.1 Å². The van der Waals surface area contributed by atoms with Crippen LogP contribution in [0.4, 0.5) is 9.18 Å². The lowest BCUT2D eigenvalue weighted by Gasteiger charge is -2.19. The third-order valence-corrected chi connectivity index (χ3v) is 3.60. The predicted octanol–water partition coefficient (Wildman–Crippen LogP) is 2.46. The summed E-state index contributed by atoms with van der Waals surface area (Å²) in [5.74, 6) is -2.20. The number of likely N-dealkylation sites (tertiary alicyclic amines) is 1. The summed E-state index contributed by atoms with van der Waals surface area (Å²) in [6.07, 6.45) is -1.82. The Bertz CT molecular complexity index is 494. The zero-order chi connectivity index (χ0) is 15.2. The number of amides is 1. The standard InChI is InChI=1S/C15H18FNO4/c16-13-7-9-17(8-6-12(13)14(18)19)15(20)21-10-11-4-2-1-3-5-11/h1-5,12-13H,6-10H2,(H,18,19). The largest absolute Gasteiger partial charge is 0.481 e. The summed E-state index contributed by atoms with van der Waals surface area (Å²) in [5, 5.41) is 8.94. The number of alkyl halides is 1. The molecular formula is C15H18FNO4. The third kappa shape index (κ3) is 4.18. The van der Waals surface area contributed by atoms with Crippen LogP contribution in [0.25, 0.3) is 0 Å². The summed E-state index contributed by atoms with van der Waals surface area (Å²) in [6.45, 7) is 0.529. The summed E-state index contributed by atoms with van der Waals surface area (Å²) in [5.41, 5.74) is 0.868. The van der Waals surface area contributed by atoms with Crippen molar-refractivity contribution in [1.82, 2.24) is 4.90 Å². The molecule has 2 unspecified atom stereocenters. The molecule has 1 fully saturated rings. The number of hydrogen-bond acceptors (Lipinski definition) is 3. The number of hydrogen-bond donors (Lipinski definition) is 1. The van der Waals surface area contributed by atoms with Crippen LogP contribution in [-0.4, -0.2) is 41.3 Å². The highest BCUT2D eigenvalue weighted by Gasteiger charge is 2.33. The first-order valence-corrected chi connectivity index (χ1v) is 6.90. The van der Waals surface area contributed by atoms with Gasteiger partial charge in [-0.15, -0.1) is 0 Å². The monoisotopic (exact) mass is 295 g/mol. The number of ether oxygens (including phenoxy) is 1. The Hall–Kier alpha value is -2.11. The van der Waals surface area contributed by atoms with Crippen LogP contribution in [0, 0.1) is 5.92 Å². The zero-order valence-electron chi connectivity index (χ0n) is 11.6. The van der Waals surface area contributed by atoms with E-state index in [2.05, 4.69) is 0 Å². The van der Waals surface area contributed by atoms with Crippen LogP contribution >= 0.6 is 0 Å². The number of benzene rings is 1. The molecule has 0 aliphatic carbocycles. The molecule has 21 heavy (non-hydrogen) atoms. The van der Waals surface area contributed by atoms with Gasteiger partial charge in [-0.3, -0.25) is 4.79 Å². The van der Waals surface area contributed by atoms with Gasteiger partial charge in [-0.05, 0) is 18.4 Å². The van der Waals surface area contributed by atoms with Crippen molar-refractivity contribution in [3.8, 4) is 0 Å². The summed E-state index contributed by atoms with van der Waals surface area (Å²) < 4.78 is 18.9. The second kappa shape index (κ2) is 7.06. The van der Waals surface area contributed by atoms with E-state index in [1.54, 1.807) is 0 Å². The van der Waals surface area contributed by atoms with Crippen molar-refractivity contribution in [3.63, 3.8) is 0 Å². The Balaban J connectivity index is 1.87. The van der Waals surface area contributed by atoms with Crippen molar-refractivity contribution in [2.45, 2.75) is 25.6 Å². The number of nitrogens with zero attached hydrogens (tertiary/aromatic N) is 1. The van der Waals surface area contributed by atoms with Crippen molar-refractivity contribution in [3.05, 3.63) is 35.9 Å². The molecule has 6 heteroatoms. The Labute approximate surface area is 122 Å². The van der Waals surface area contributed by atoms with Gasteiger partial charge in [0, 0.05) is 13.1 Å². The number of carboxylic acids is 1. The average Bonchev–Trinajstić information content (AvgIpc) is 2.68. The molecule has 1 aliphatic heterocycles. The molecule has 0 bridgehead atoms. The van der Waals surface area contributed by atoms with Crippen LogP contribution in [0.3, 0.4) is 0 Å². The topological polar surface area (TPSA) is 66.8 Å². The summed E-state index contributed by atoms with van der Waals surface area (Å²) in [4.78, 5) is 24.2. The first-order valence-electron chi connectivity index (χ1n) is 6.90. The maximum Gasteiger partial charge on any atom is 0.410 e. The minimum atomic E-state index is -1.42. The van der Waals surface area contributed by atoms with E-state index >= 15 is 0 Å². The number of carbonyl (C=O) groups is 2. The SMILES string of the molecule is O=C(O)C1CCN(C(=O)OCc2ccccc2)CCC1F. The lowest BCUT2D eigenvalue weighted by molar-refractivity contribution is -0.144. The van der Waals surface area contributed by atoms with Gasteiger partial charge >= 0.3 is 12.1 Å². The summed E-state index contributed by atoms with van der Waals surface area (Å²) in [6, 6.07) is 9.25. The number of aliphatic carboxylic acids is 1. The van der Waals surface area contributed by atoms with E-state index < -0.39 is 24.2 Å². The summed E-state index contributed by atoms with van der Waals surface area (Å²) in [7, 11) is 0. The molecule has 1 aromatic carbocycles. The Morgan fingerprint density at radius 3 is 2.57 bits per heavy atom. The summed E-state index contributed by atoms with van der Waals surface area (Å²) >= 11 is 0. The smallest absolute Gasteiger partial charge is 0.410 e. The molecule has 1 N–H and O–H groups in total. The van der Waals surface area contributed by atoms with Crippen molar-refractivity contribution >= 4 is 12.1 Å². The van der Waals surface area contributed by atoms with Crippen LogP contribution in [-0.2, 0) is 16.1 Å². The van der Waals surface area contributed by atoms with E-state index in [1.165, 1.54) is 4.90 Å². The maximum absolute atomic E-state index is 13.7. The van der Waals surface area contributed by atoms with Crippen molar-refractivity contribution in [2.24, 2.45) is 5.92 Å². The van der Waals surface area contributed by atoms with Gasteiger partial charge in [0.2, 0.25) is 0 Å². The van der Waals surface area contributed by atoms with Crippen LogP contribution in [0.1, 0.15) is 18.4 Å². The van der Waals surface area contributed by atoms with Gasteiger partial charge in [-0.1, -0.05) is 30.3 Å². The van der Waals surface area contributed by atoms with Crippen LogP contribution in [0.5, 0.6) is 0 Å². The van der Waals surface area contributed by atoms with Gasteiger partial charge in [0.05, 0.1) is 5.92 Å². The fourth-order valence-electron chi connectivity index (χ4n) is 2.34. The molecule has 0 saturated carbocycles. The molecule has 0 aromatic heterocycles. The maximum atomic E-state index is 13.7. The van der Waals surface area contributed by atoms with Gasteiger partial charge in [-0.2, -0.15) is 0 Å². The normalized spacial score (nSPS) is 22.4. The molecule has 2 atom stereocenters. The van der Waals surface area contributed by atoms with Gasteiger partial charge in [0.15, 0.2) is 0 Å². The quantitative estimate of drug-likeness (QED) is 0.930. The molecule has 1 aliphatic rings. The molecule has 114 valence electrons. The van der Waals surface area contributed by atoms with Crippen molar-refractivity contribution < 1.29 is 23.8 Å². The molecule has 5 nitrogen and oxygen atoms in total. The van der Waals surface area contributed by atoms with E-state index in [4.69, 9.17) is 9.84 Å². The van der Waals surface area contributed by atoms with Crippen LogP contribution in [0.15, 0.2) is 30.3 Å². The van der Waals surface area contributed by atoms with Crippen molar-refractivity contribution in [1.29, 1.82) is 0 Å². The second-order valence-electron chi connectivity index (χ2n) is 5.07. The molecule has 0 radical (unpaired) electrons. The predicted molar refractivity (Wildman–Crippen MR) is 73.5 cm³/mol. The van der Waals surface area contributed by atoms with E-state index in [0.717, 1.165) is 5.56 Å². The Morgan fingerprint density at radius 1 is 1.24 bits per heavy atom. The average molecular weight is 295 g/mol. The van der Waals surface area contributed by atoms with Crippen LogP contribution in [0.2, 0.25) is 0 Å². The molecule has 1 amide bonds. The fourth-order valence-corrected chi connectivity index (χ4v) is 2.34. The fraction of sp³-hybridized carbons (Fsp3) is 0.467. The van der Waals surface area contributed by atoms with Gasteiger partial charge in [-0.25, -0.2) is 9.18 Å². The lowest BCUT2D eigenvalue weighted by Crippen LogP contribution is -2.32. The number of carbonyl (C=O) groups excluding carboxylic acids is 1. The molecule has 1 heterocycles. The molecule has 2 rings (SSSR count). The minimum absolute atomic E-state index is 0.0252. The Morgan fingerprint density at radius 2 is 1.90 bits per heavy atom. The number of rotatable bonds is 3. The minimum Gasteiger partial charge on any atom is -0.481 e. The lowest BCUT2D eigenvalue weighted by atomic mass is 9.99. The molecule has 1 saturated heterocycles. The van der Waals surface area contributed by atoms with E-state index in [1.807, 2.05) is 30.3 Å². The number of halogens is 1. The number of carboxylic acid groups (broad SMARTS) is 1. The molecule has 1 aromatic rings. The highest BCUT2D eigenvalue weighted by atomic mass is 19.1. The molecular weight excluding hydrogens is 277 g/mol. The van der Waals surface area contributed by atoms with E-state index in [-0.39, 0.29) is 32.5 Å². The first-order chi connectivity index (χ1) is 10.1. The highest BCUT2D eigenvalue weighted by molar-refractivity contribution is 5.71. The Kier molecular flexibility index (Phi) is 5.14. The van der Waals surface area contributed by atoms with Gasteiger partial charge in [0.1, 0.15) is 12.8 Å². The molecule has 0 spiro atoms. The van der Waals surface area contributed by atoms with Gasteiger partial charge < -0.3 is 14.7 Å². The highest BCUT2D eigenvalue weighted by Crippen LogP contribution is 2.22. The first kappa shape index (κ1) is 15.3. The van der Waals surface area contributed by atoms with Crippen LogP contribution < -0.4 is 0 Å². The van der Waals surface area contributed by atoms with Gasteiger partial charge in [0.25, 0.3) is 0 Å². The van der Waals surface area contributed by atoms with E-state index in [0.29, 0.717) is 0 Å². The zero-order valence-corrected chi connectivity index (χ0v) is 11.6.